The summed E-state index contributed by atoms with van der Waals surface area (Å²) >= 11 is 5.23. The van der Waals surface area contributed by atoms with E-state index in [0.29, 0.717) is 5.69 Å². The van der Waals surface area contributed by atoms with Gasteiger partial charge in [0.1, 0.15) is 0 Å². The first-order chi connectivity index (χ1) is 13.5. The van der Waals surface area contributed by atoms with Gasteiger partial charge in [0.25, 0.3) is 5.69 Å². The number of hydrogen-bond donors (Lipinski definition) is 2. The van der Waals surface area contributed by atoms with Gasteiger partial charge in [0, 0.05) is 17.8 Å². The fraction of sp³-hybridized carbons (Fsp3) is 0.0476. The van der Waals surface area contributed by atoms with Crippen molar-refractivity contribution in [2.45, 2.75) is 5.92 Å². The minimum atomic E-state index is -0.535. The van der Waals surface area contributed by atoms with E-state index in [2.05, 4.69) is 10.6 Å². The van der Waals surface area contributed by atoms with Crippen LogP contribution in [0.25, 0.3) is 0 Å². The molecule has 3 rings (SSSR count). The number of carbonyl (C=O) groups is 1. The molecule has 0 atom stereocenters. The van der Waals surface area contributed by atoms with Crippen molar-refractivity contribution >= 4 is 34.6 Å². The number of benzene rings is 3. The molecule has 2 N–H and O–H groups in total. The highest BCUT2D eigenvalue weighted by Crippen LogP contribution is 2.25. The lowest BCUT2D eigenvalue weighted by Crippen LogP contribution is -2.37. The van der Waals surface area contributed by atoms with Gasteiger partial charge >= 0.3 is 0 Å². The molecule has 140 valence electrons. The molecule has 0 saturated heterocycles. The zero-order valence-electron chi connectivity index (χ0n) is 14.7. The van der Waals surface area contributed by atoms with Crippen LogP contribution >= 0.6 is 12.2 Å². The Morgan fingerprint density at radius 3 is 2.00 bits per heavy atom. The average Bonchev–Trinajstić information content (AvgIpc) is 2.70. The van der Waals surface area contributed by atoms with Gasteiger partial charge in [-0.05, 0) is 29.4 Å². The van der Waals surface area contributed by atoms with Gasteiger partial charge in [-0.25, -0.2) is 0 Å². The smallest absolute Gasteiger partial charge is 0.271 e. The number of nitro benzene ring substituents is 1. The zero-order chi connectivity index (χ0) is 19.9. The molecule has 0 aromatic heterocycles. The van der Waals surface area contributed by atoms with Crippen LogP contribution in [0.5, 0.6) is 0 Å². The Morgan fingerprint density at radius 1 is 0.893 bits per heavy atom. The Morgan fingerprint density at radius 2 is 1.46 bits per heavy atom. The number of nitro groups is 1. The summed E-state index contributed by atoms with van der Waals surface area (Å²) < 4.78 is 0. The van der Waals surface area contributed by atoms with Crippen LogP contribution in [0.4, 0.5) is 11.4 Å². The molecule has 0 heterocycles. The third-order valence-corrected chi connectivity index (χ3v) is 4.28. The topological polar surface area (TPSA) is 84.3 Å². The second kappa shape index (κ2) is 8.88. The average molecular weight is 391 g/mol. The minimum absolute atomic E-state index is 0.0643. The Hall–Kier alpha value is -3.58. The summed E-state index contributed by atoms with van der Waals surface area (Å²) in [6.45, 7) is 0. The Kier molecular flexibility index (Phi) is 6.08. The predicted molar refractivity (Wildman–Crippen MR) is 112 cm³/mol. The maximum atomic E-state index is 13.0. The molecular weight excluding hydrogens is 374 g/mol. The summed E-state index contributed by atoms with van der Waals surface area (Å²) in [5.74, 6) is -0.826. The van der Waals surface area contributed by atoms with E-state index in [9.17, 15) is 14.9 Å². The number of carbonyl (C=O) groups excluding carboxylic acids is 1. The highest BCUT2D eigenvalue weighted by atomic mass is 32.1. The molecule has 7 heteroatoms. The standard InChI is InChI=1S/C21H17N3O3S/c25-20(23-21(28)22-17-12-7-13-18(14-17)24(26)27)19(15-8-3-1-4-9-15)16-10-5-2-6-11-16/h1-14,19H,(H2,22,23,25,28). The molecule has 3 aromatic carbocycles. The van der Waals surface area contributed by atoms with E-state index in [4.69, 9.17) is 12.2 Å². The summed E-state index contributed by atoms with van der Waals surface area (Å²) in [6.07, 6.45) is 0. The Bertz CT molecular complexity index is 955. The molecule has 3 aromatic rings. The quantitative estimate of drug-likeness (QED) is 0.386. The van der Waals surface area contributed by atoms with Crippen LogP contribution in [0.1, 0.15) is 17.0 Å². The van der Waals surface area contributed by atoms with E-state index in [0.717, 1.165) is 11.1 Å². The first-order valence-electron chi connectivity index (χ1n) is 8.51. The molecule has 0 bridgehead atoms. The van der Waals surface area contributed by atoms with Gasteiger partial charge in [-0.2, -0.15) is 0 Å². The van der Waals surface area contributed by atoms with Crippen molar-refractivity contribution in [1.82, 2.24) is 5.32 Å². The van der Waals surface area contributed by atoms with Crippen molar-refractivity contribution in [2.24, 2.45) is 0 Å². The molecule has 0 aliphatic carbocycles. The number of hydrogen-bond acceptors (Lipinski definition) is 4. The molecule has 0 unspecified atom stereocenters. The van der Waals surface area contributed by atoms with Crippen LogP contribution in [0.3, 0.4) is 0 Å². The van der Waals surface area contributed by atoms with Crippen LogP contribution in [-0.4, -0.2) is 15.9 Å². The van der Waals surface area contributed by atoms with Crippen molar-refractivity contribution in [2.75, 3.05) is 5.32 Å². The molecule has 1 amide bonds. The SMILES string of the molecule is O=C(NC(=S)Nc1cccc([N+](=O)[O-])c1)C(c1ccccc1)c1ccccc1. The molecule has 0 aliphatic heterocycles. The van der Waals surface area contributed by atoms with E-state index in [1.807, 2.05) is 60.7 Å². The van der Waals surface area contributed by atoms with Crippen LogP contribution in [0, 0.1) is 10.1 Å². The van der Waals surface area contributed by atoms with Gasteiger partial charge in [0.05, 0.1) is 10.8 Å². The molecule has 0 saturated carbocycles. The summed E-state index contributed by atoms with van der Waals surface area (Å²) in [5.41, 5.74) is 2.04. The van der Waals surface area contributed by atoms with E-state index >= 15 is 0 Å². The van der Waals surface area contributed by atoms with Gasteiger partial charge in [0.2, 0.25) is 5.91 Å². The predicted octanol–water partition coefficient (Wildman–Crippen LogP) is 4.24. The number of nitrogens with one attached hydrogen (secondary N) is 2. The van der Waals surface area contributed by atoms with Crippen molar-refractivity contribution in [3.05, 3.63) is 106 Å². The van der Waals surface area contributed by atoms with Gasteiger partial charge in [-0.15, -0.1) is 0 Å². The first-order valence-corrected chi connectivity index (χ1v) is 8.91. The monoisotopic (exact) mass is 391 g/mol. The summed E-state index contributed by atoms with van der Waals surface area (Å²) in [4.78, 5) is 23.4. The molecule has 6 nitrogen and oxygen atoms in total. The summed E-state index contributed by atoms with van der Waals surface area (Å²) in [5, 5.41) is 16.5. The van der Waals surface area contributed by atoms with Gasteiger partial charge in [-0.3, -0.25) is 14.9 Å². The zero-order valence-corrected chi connectivity index (χ0v) is 15.6. The van der Waals surface area contributed by atoms with Crippen LogP contribution < -0.4 is 10.6 Å². The molecule has 28 heavy (non-hydrogen) atoms. The van der Waals surface area contributed by atoms with Crippen LogP contribution in [-0.2, 0) is 4.79 Å². The number of amides is 1. The van der Waals surface area contributed by atoms with Gasteiger partial charge in [-0.1, -0.05) is 66.7 Å². The summed E-state index contributed by atoms with van der Waals surface area (Å²) in [6, 6.07) is 24.7. The fourth-order valence-electron chi connectivity index (χ4n) is 2.83. The lowest BCUT2D eigenvalue weighted by molar-refractivity contribution is -0.384. The Labute approximate surface area is 167 Å². The fourth-order valence-corrected chi connectivity index (χ4v) is 3.05. The van der Waals surface area contributed by atoms with Crippen LogP contribution in [0.2, 0.25) is 0 Å². The molecule has 0 radical (unpaired) electrons. The van der Waals surface area contributed by atoms with Crippen molar-refractivity contribution in [3.63, 3.8) is 0 Å². The normalized spacial score (nSPS) is 10.3. The van der Waals surface area contributed by atoms with Crippen molar-refractivity contribution in [3.8, 4) is 0 Å². The molecular formula is C21H17N3O3S. The third-order valence-electron chi connectivity index (χ3n) is 4.08. The van der Waals surface area contributed by atoms with Gasteiger partial charge in [0.15, 0.2) is 5.11 Å². The number of anilines is 1. The highest BCUT2D eigenvalue weighted by molar-refractivity contribution is 7.80. The highest BCUT2D eigenvalue weighted by Gasteiger charge is 2.23. The number of nitrogens with zero attached hydrogens (tertiary/aromatic N) is 1. The maximum absolute atomic E-state index is 13.0. The van der Waals surface area contributed by atoms with Crippen molar-refractivity contribution in [1.29, 1.82) is 0 Å². The van der Waals surface area contributed by atoms with E-state index in [1.54, 1.807) is 12.1 Å². The lowest BCUT2D eigenvalue weighted by Gasteiger charge is -2.18. The second-order valence-electron chi connectivity index (χ2n) is 6.01. The summed E-state index contributed by atoms with van der Waals surface area (Å²) in [7, 11) is 0. The minimum Gasteiger partial charge on any atom is -0.332 e. The molecule has 0 spiro atoms. The lowest BCUT2D eigenvalue weighted by atomic mass is 9.90. The Balaban J connectivity index is 1.78. The molecule has 0 fully saturated rings. The number of non-ortho nitro benzene ring substituents is 1. The number of thiocarbonyl (C=S) groups is 1. The van der Waals surface area contributed by atoms with E-state index in [-0.39, 0.29) is 16.7 Å². The first kappa shape index (κ1) is 19.2. The largest absolute Gasteiger partial charge is 0.332 e. The number of rotatable bonds is 5. The molecule has 0 aliphatic rings. The van der Waals surface area contributed by atoms with Crippen molar-refractivity contribution < 1.29 is 9.72 Å². The third kappa shape index (κ3) is 4.77. The van der Waals surface area contributed by atoms with Gasteiger partial charge < -0.3 is 10.6 Å². The van der Waals surface area contributed by atoms with E-state index in [1.165, 1.54) is 12.1 Å². The second-order valence-corrected chi connectivity index (χ2v) is 6.41. The van der Waals surface area contributed by atoms with Crippen LogP contribution in [0.15, 0.2) is 84.9 Å². The van der Waals surface area contributed by atoms with E-state index < -0.39 is 10.8 Å². The maximum Gasteiger partial charge on any atom is 0.271 e.